The van der Waals surface area contributed by atoms with Gasteiger partial charge in [0, 0.05) is 16.1 Å². The summed E-state index contributed by atoms with van der Waals surface area (Å²) in [7, 11) is 0. The molecule has 140 valence electrons. The summed E-state index contributed by atoms with van der Waals surface area (Å²) in [6, 6.07) is 27.6. The Labute approximate surface area is 177 Å². The zero-order valence-corrected chi connectivity index (χ0v) is 16.6. The smallest absolute Gasteiger partial charge is 0.179 e. The molecule has 0 spiro atoms. The molecule has 0 unspecified atom stereocenters. The molecule has 0 atom stereocenters. The molecule has 0 bridgehead atoms. The highest BCUT2D eigenvalue weighted by atomic mass is 35.5. The maximum Gasteiger partial charge on any atom is 0.179 e. The van der Waals surface area contributed by atoms with E-state index in [1.54, 1.807) is 0 Å². The highest BCUT2D eigenvalue weighted by molar-refractivity contribution is 6.34. The van der Waals surface area contributed by atoms with E-state index in [2.05, 4.69) is 10.2 Å². The van der Waals surface area contributed by atoms with Crippen LogP contribution in [-0.4, -0.2) is 20.0 Å². The zero-order valence-electron chi connectivity index (χ0n) is 15.1. The van der Waals surface area contributed by atoms with Crippen molar-refractivity contribution in [3.63, 3.8) is 0 Å². The molecular formula is C23H14Cl2N4. The fourth-order valence-corrected chi connectivity index (χ4v) is 3.70. The summed E-state index contributed by atoms with van der Waals surface area (Å²) in [5.74, 6) is 0. The van der Waals surface area contributed by atoms with E-state index in [0.29, 0.717) is 10.5 Å². The average Bonchev–Trinajstić information content (AvgIpc) is 3.17. The summed E-state index contributed by atoms with van der Waals surface area (Å²) in [6.07, 6.45) is 0. The monoisotopic (exact) mass is 416 g/mol. The van der Waals surface area contributed by atoms with Crippen molar-refractivity contribution >= 4 is 34.1 Å². The molecule has 2 heterocycles. The van der Waals surface area contributed by atoms with Crippen LogP contribution >= 0.6 is 23.2 Å². The van der Waals surface area contributed by atoms with Crippen LogP contribution in [-0.2, 0) is 0 Å². The molecule has 6 heteroatoms. The van der Waals surface area contributed by atoms with Gasteiger partial charge in [0.2, 0.25) is 0 Å². The van der Waals surface area contributed by atoms with Crippen molar-refractivity contribution in [1.29, 1.82) is 0 Å². The van der Waals surface area contributed by atoms with E-state index < -0.39 is 0 Å². The van der Waals surface area contributed by atoms with Gasteiger partial charge in [-0.05, 0) is 24.3 Å². The molecule has 29 heavy (non-hydrogen) atoms. The van der Waals surface area contributed by atoms with Crippen molar-refractivity contribution in [3.05, 3.63) is 95.1 Å². The van der Waals surface area contributed by atoms with Gasteiger partial charge >= 0.3 is 0 Å². The lowest BCUT2D eigenvalue weighted by molar-refractivity contribution is 0.902. The maximum atomic E-state index is 6.43. The maximum absolute atomic E-state index is 6.43. The summed E-state index contributed by atoms with van der Waals surface area (Å²) in [5, 5.41) is 15.2. The quantitative estimate of drug-likeness (QED) is 0.339. The largest absolute Gasteiger partial charge is 0.232 e. The minimum Gasteiger partial charge on any atom is -0.232 e. The van der Waals surface area contributed by atoms with E-state index in [0.717, 1.165) is 33.6 Å². The lowest BCUT2D eigenvalue weighted by atomic mass is 10.0. The van der Waals surface area contributed by atoms with Crippen LogP contribution < -0.4 is 0 Å². The summed E-state index contributed by atoms with van der Waals surface area (Å²) in [4.78, 5) is 0. The molecule has 0 saturated carbocycles. The van der Waals surface area contributed by atoms with E-state index in [-0.39, 0.29) is 5.15 Å². The molecule has 5 rings (SSSR count). The highest BCUT2D eigenvalue weighted by Crippen LogP contribution is 2.38. The molecule has 3 aromatic carbocycles. The first-order valence-electron chi connectivity index (χ1n) is 9.04. The molecule has 0 aliphatic carbocycles. The molecule has 0 aliphatic rings. The van der Waals surface area contributed by atoms with Gasteiger partial charge in [-0.25, -0.2) is 4.68 Å². The van der Waals surface area contributed by atoms with Crippen LogP contribution in [0.5, 0.6) is 0 Å². The zero-order chi connectivity index (χ0) is 19.8. The number of hydrogen-bond donors (Lipinski definition) is 0. The van der Waals surface area contributed by atoms with E-state index in [1.165, 1.54) is 0 Å². The molecular weight excluding hydrogens is 403 g/mol. The van der Waals surface area contributed by atoms with Crippen molar-refractivity contribution < 1.29 is 0 Å². The van der Waals surface area contributed by atoms with Gasteiger partial charge in [-0.3, -0.25) is 0 Å². The lowest BCUT2D eigenvalue weighted by Crippen LogP contribution is -1.99. The van der Waals surface area contributed by atoms with Gasteiger partial charge in [-0.15, -0.1) is 10.2 Å². The Morgan fingerprint density at radius 2 is 1.28 bits per heavy atom. The Bertz CT molecular complexity index is 1300. The Morgan fingerprint density at radius 3 is 1.93 bits per heavy atom. The number of benzene rings is 3. The van der Waals surface area contributed by atoms with Gasteiger partial charge in [0.15, 0.2) is 5.15 Å². The van der Waals surface area contributed by atoms with Crippen molar-refractivity contribution in [2.45, 2.75) is 0 Å². The van der Waals surface area contributed by atoms with Gasteiger partial charge in [0.1, 0.15) is 11.2 Å². The summed E-state index contributed by atoms with van der Waals surface area (Å²) >= 11 is 12.5. The van der Waals surface area contributed by atoms with Gasteiger partial charge in [0.25, 0.3) is 0 Å². The number of fused-ring (bicyclic) bond motifs is 1. The Balaban J connectivity index is 1.91. The Morgan fingerprint density at radius 1 is 0.655 bits per heavy atom. The van der Waals surface area contributed by atoms with Crippen LogP contribution in [0.2, 0.25) is 10.2 Å². The molecule has 0 radical (unpaired) electrons. The number of halogens is 2. The number of hydrogen-bond acceptors (Lipinski definition) is 3. The SMILES string of the molecule is Clc1ccc(-n2nc3c(Cl)nnc(-c4ccccc4)c3c2-c2ccccc2)cc1. The molecule has 0 saturated heterocycles. The fourth-order valence-electron chi connectivity index (χ4n) is 3.41. The first-order chi connectivity index (χ1) is 14.2. The first-order valence-corrected chi connectivity index (χ1v) is 9.79. The van der Waals surface area contributed by atoms with Crippen LogP contribution in [0, 0.1) is 0 Å². The summed E-state index contributed by atoms with van der Waals surface area (Å²) < 4.78 is 1.87. The normalized spacial score (nSPS) is 11.1. The third-order valence-electron chi connectivity index (χ3n) is 4.72. The van der Waals surface area contributed by atoms with E-state index >= 15 is 0 Å². The first kappa shape index (κ1) is 17.9. The van der Waals surface area contributed by atoms with Gasteiger partial charge in [0.05, 0.1) is 16.8 Å². The topological polar surface area (TPSA) is 43.6 Å². The van der Waals surface area contributed by atoms with E-state index in [9.17, 15) is 0 Å². The third-order valence-corrected chi connectivity index (χ3v) is 5.23. The van der Waals surface area contributed by atoms with Gasteiger partial charge < -0.3 is 0 Å². The van der Waals surface area contributed by atoms with Crippen LogP contribution in [0.3, 0.4) is 0 Å². The molecule has 2 aromatic heterocycles. The summed E-state index contributed by atoms with van der Waals surface area (Å²) in [5.41, 5.74) is 5.08. The van der Waals surface area contributed by atoms with Crippen LogP contribution in [0.25, 0.3) is 39.1 Å². The van der Waals surface area contributed by atoms with Crippen molar-refractivity contribution in [1.82, 2.24) is 20.0 Å². The lowest BCUT2D eigenvalue weighted by Gasteiger charge is -2.10. The van der Waals surface area contributed by atoms with Gasteiger partial charge in [-0.1, -0.05) is 83.9 Å². The second-order valence-corrected chi connectivity index (χ2v) is 7.33. The minimum absolute atomic E-state index is 0.268. The molecule has 4 nitrogen and oxygen atoms in total. The molecule has 0 amide bonds. The number of rotatable bonds is 3. The number of aromatic nitrogens is 4. The average molecular weight is 417 g/mol. The van der Waals surface area contributed by atoms with Crippen molar-refractivity contribution in [3.8, 4) is 28.2 Å². The molecule has 5 aromatic rings. The van der Waals surface area contributed by atoms with Crippen LogP contribution in [0.4, 0.5) is 0 Å². The highest BCUT2D eigenvalue weighted by Gasteiger charge is 2.22. The van der Waals surface area contributed by atoms with Crippen LogP contribution in [0.15, 0.2) is 84.9 Å². The standard InChI is InChI=1S/C23H14Cl2N4/c24-17-11-13-18(14-12-17)29-22(16-9-5-2-6-10-16)19-20(15-7-3-1-4-8-15)26-27-23(25)21(19)28-29/h1-14H. The van der Waals surface area contributed by atoms with Crippen molar-refractivity contribution in [2.24, 2.45) is 0 Å². The van der Waals surface area contributed by atoms with Gasteiger partial charge in [-0.2, -0.15) is 5.10 Å². The Hall–Kier alpha value is -3.21. The van der Waals surface area contributed by atoms with E-state index in [4.69, 9.17) is 28.3 Å². The summed E-state index contributed by atoms with van der Waals surface area (Å²) in [6.45, 7) is 0. The predicted octanol–water partition coefficient (Wildman–Crippen LogP) is 6.46. The number of nitrogens with zero attached hydrogens (tertiary/aromatic N) is 4. The third kappa shape index (κ3) is 3.16. The van der Waals surface area contributed by atoms with E-state index in [1.807, 2.05) is 89.6 Å². The second-order valence-electron chi connectivity index (χ2n) is 6.53. The minimum atomic E-state index is 0.268. The Kier molecular flexibility index (Phi) is 4.51. The fraction of sp³-hybridized carbons (Fsp3) is 0. The molecule has 0 fully saturated rings. The van der Waals surface area contributed by atoms with Crippen LogP contribution in [0.1, 0.15) is 0 Å². The second kappa shape index (κ2) is 7.32. The van der Waals surface area contributed by atoms with Crippen molar-refractivity contribution in [2.75, 3.05) is 0 Å². The molecule has 0 N–H and O–H groups in total. The molecule has 0 aliphatic heterocycles. The predicted molar refractivity (Wildman–Crippen MR) is 118 cm³/mol.